The van der Waals surface area contributed by atoms with Crippen molar-refractivity contribution < 1.29 is 28.5 Å². The number of carbonyl (C=O) groups excluding carboxylic acids is 2. The Kier molecular flexibility index (Phi) is 15.6. The van der Waals surface area contributed by atoms with Crippen molar-refractivity contribution in [1.29, 1.82) is 0 Å². The maximum Gasteiger partial charge on any atom is 0.388 e. The van der Waals surface area contributed by atoms with Crippen molar-refractivity contribution in [2.75, 3.05) is 19.8 Å². The molecule has 0 saturated carbocycles. The molecule has 0 amide bonds. The van der Waals surface area contributed by atoms with Gasteiger partial charge in [-0.2, -0.15) is 0 Å². The summed E-state index contributed by atoms with van der Waals surface area (Å²) >= 11 is 11.4. The molecule has 0 aliphatic rings. The maximum absolute atomic E-state index is 11.3. The predicted octanol–water partition coefficient (Wildman–Crippen LogP) is 3.94. The molecule has 0 radical (unpaired) electrons. The summed E-state index contributed by atoms with van der Waals surface area (Å²) in [5.74, 6) is 0. The van der Waals surface area contributed by atoms with Crippen LogP contribution in [-0.4, -0.2) is 46.9 Å². The van der Waals surface area contributed by atoms with Crippen molar-refractivity contribution in [2.24, 2.45) is 0 Å². The molecule has 0 fully saturated rings. The average Bonchev–Trinajstić information content (AvgIpc) is 2.61. The van der Waals surface area contributed by atoms with E-state index in [0.717, 1.165) is 12.8 Å². The second-order valence-electron chi connectivity index (χ2n) is 4.54. The Morgan fingerprint density at radius 1 is 0.923 bits per heavy atom. The average molecular weight is 445 g/mol. The fourth-order valence-corrected chi connectivity index (χ4v) is 2.69. The second kappa shape index (κ2) is 16.2. The van der Waals surface area contributed by atoms with Gasteiger partial charge in [-0.05, 0) is 51.1 Å². The highest BCUT2D eigenvalue weighted by Gasteiger charge is 2.15. The molecular weight excluding hydrogens is 420 g/mol. The molecule has 0 rings (SSSR count). The summed E-state index contributed by atoms with van der Waals surface area (Å²) in [5, 5.41) is -0.916. The van der Waals surface area contributed by atoms with Crippen LogP contribution in [0.2, 0.25) is 0 Å². The summed E-state index contributed by atoms with van der Waals surface area (Å²) in [5.41, 5.74) is 0. The normalized spacial score (nSPS) is 11.0. The summed E-state index contributed by atoms with van der Waals surface area (Å²) in [6, 6.07) is 0. The molecule has 1 unspecified atom stereocenters. The van der Waals surface area contributed by atoms with Gasteiger partial charge in [-0.15, -0.1) is 0 Å². The van der Waals surface area contributed by atoms with Crippen LogP contribution >= 0.6 is 48.3 Å². The van der Waals surface area contributed by atoms with Crippen molar-refractivity contribution in [3.05, 3.63) is 0 Å². The largest absolute Gasteiger partial charge is 0.467 e. The standard InChI is InChI=1S/C14H24N2O6S4/c1-4-7-8-10(22-12(24)16-26-14(18)20-6-3)9-21-11(23)15-25-13(17)19-5-2/h10H,4-9H2,1-3H3,(H,15,23)(H,16,24). The summed E-state index contributed by atoms with van der Waals surface area (Å²) < 4.78 is 25.6. The molecule has 0 aromatic carbocycles. The molecule has 2 N–H and O–H groups in total. The van der Waals surface area contributed by atoms with Gasteiger partial charge in [-0.1, -0.05) is 13.3 Å². The van der Waals surface area contributed by atoms with Gasteiger partial charge in [0.25, 0.3) is 10.3 Å². The molecule has 0 saturated heterocycles. The molecule has 1 atom stereocenters. The maximum atomic E-state index is 11.3. The summed E-state index contributed by atoms with van der Waals surface area (Å²) in [4.78, 5) is 22.5. The number of nitrogens with one attached hydrogen (secondary N) is 2. The fraction of sp³-hybridized carbons (Fsp3) is 0.714. The Bertz CT molecular complexity index is 467. The molecular formula is C14H24N2O6S4. The minimum atomic E-state index is -0.501. The van der Waals surface area contributed by atoms with Crippen molar-refractivity contribution >= 4 is 69.3 Å². The number of carbonyl (C=O) groups is 2. The lowest BCUT2D eigenvalue weighted by Crippen LogP contribution is -2.31. The number of unbranched alkanes of at least 4 members (excludes halogenated alkanes) is 1. The van der Waals surface area contributed by atoms with E-state index < -0.39 is 10.6 Å². The summed E-state index contributed by atoms with van der Waals surface area (Å²) in [6.07, 6.45) is 2.21. The Balaban J connectivity index is 4.25. The van der Waals surface area contributed by atoms with Crippen LogP contribution in [0.4, 0.5) is 9.59 Å². The van der Waals surface area contributed by atoms with Crippen LogP contribution in [0.5, 0.6) is 0 Å². The zero-order valence-electron chi connectivity index (χ0n) is 14.9. The Labute approximate surface area is 173 Å². The van der Waals surface area contributed by atoms with Gasteiger partial charge in [0.2, 0.25) is 0 Å². The molecule has 0 aromatic rings. The lowest BCUT2D eigenvalue weighted by atomic mass is 10.2. The molecule has 0 spiro atoms. The Morgan fingerprint density at radius 3 is 1.96 bits per heavy atom. The van der Waals surface area contributed by atoms with Crippen LogP contribution in [0.15, 0.2) is 0 Å². The molecule has 26 heavy (non-hydrogen) atoms. The highest BCUT2D eigenvalue weighted by atomic mass is 32.2. The van der Waals surface area contributed by atoms with Crippen molar-refractivity contribution in [3.8, 4) is 0 Å². The predicted molar refractivity (Wildman–Crippen MR) is 111 cm³/mol. The Hall–Kier alpha value is -0.980. The minimum absolute atomic E-state index is 0.0351. The highest BCUT2D eigenvalue weighted by molar-refractivity contribution is 8.12. The third-order valence-electron chi connectivity index (χ3n) is 2.51. The molecule has 8 nitrogen and oxygen atoms in total. The fourth-order valence-electron chi connectivity index (χ4n) is 1.44. The van der Waals surface area contributed by atoms with E-state index in [1.165, 1.54) is 0 Å². The number of hydrogen-bond acceptors (Lipinski definition) is 10. The first-order chi connectivity index (χ1) is 12.4. The third-order valence-corrected chi connectivity index (χ3v) is 4.33. The van der Waals surface area contributed by atoms with Gasteiger partial charge < -0.3 is 18.9 Å². The summed E-state index contributed by atoms with van der Waals surface area (Å²) in [7, 11) is 0. The van der Waals surface area contributed by atoms with Gasteiger partial charge in [0, 0.05) is 0 Å². The van der Waals surface area contributed by atoms with E-state index in [1.807, 2.05) is 6.92 Å². The topological polar surface area (TPSA) is 95.1 Å². The second-order valence-corrected chi connectivity index (χ2v) is 6.77. The minimum Gasteiger partial charge on any atom is -0.467 e. The molecule has 0 aliphatic heterocycles. The van der Waals surface area contributed by atoms with Crippen LogP contribution < -0.4 is 9.44 Å². The van der Waals surface area contributed by atoms with Crippen molar-refractivity contribution in [1.82, 2.24) is 9.44 Å². The van der Waals surface area contributed by atoms with Crippen LogP contribution in [0.1, 0.15) is 40.0 Å². The SMILES string of the molecule is CCCCC(COC(=S)NSC(=O)OCC)OC(=S)NSC(=O)OCC. The summed E-state index contributed by atoms with van der Waals surface area (Å²) in [6.45, 7) is 6.17. The number of rotatable bonds is 8. The molecule has 0 aliphatic carbocycles. The van der Waals surface area contributed by atoms with E-state index >= 15 is 0 Å². The lowest BCUT2D eigenvalue weighted by molar-refractivity contribution is 0.104. The van der Waals surface area contributed by atoms with E-state index in [0.29, 0.717) is 30.3 Å². The van der Waals surface area contributed by atoms with Crippen LogP contribution in [0.25, 0.3) is 0 Å². The molecule has 150 valence electrons. The van der Waals surface area contributed by atoms with Gasteiger partial charge in [0.1, 0.15) is 12.7 Å². The van der Waals surface area contributed by atoms with Gasteiger partial charge in [-0.25, -0.2) is 9.59 Å². The first kappa shape index (κ1) is 25.0. The monoisotopic (exact) mass is 444 g/mol. The zero-order valence-corrected chi connectivity index (χ0v) is 18.2. The lowest BCUT2D eigenvalue weighted by Gasteiger charge is -2.20. The third kappa shape index (κ3) is 14.2. The Morgan fingerprint density at radius 2 is 1.46 bits per heavy atom. The van der Waals surface area contributed by atoms with Gasteiger partial charge in [0.05, 0.1) is 37.1 Å². The first-order valence-corrected chi connectivity index (χ1v) is 10.4. The number of ether oxygens (including phenoxy) is 4. The number of thiocarbonyl (C=S) groups is 2. The van der Waals surface area contributed by atoms with Crippen molar-refractivity contribution in [2.45, 2.75) is 46.1 Å². The van der Waals surface area contributed by atoms with E-state index in [9.17, 15) is 9.59 Å². The van der Waals surface area contributed by atoms with Gasteiger partial charge in [-0.3, -0.25) is 9.44 Å². The molecule has 0 bridgehead atoms. The van der Waals surface area contributed by atoms with Crippen molar-refractivity contribution in [3.63, 3.8) is 0 Å². The van der Waals surface area contributed by atoms with Gasteiger partial charge >= 0.3 is 10.6 Å². The van der Waals surface area contributed by atoms with Crippen LogP contribution in [0, 0.1) is 0 Å². The zero-order chi connectivity index (χ0) is 19.8. The highest BCUT2D eigenvalue weighted by Crippen LogP contribution is 2.09. The number of hydrogen-bond donors (Lipinski definition) is 2. The van der Waals surface area contributed by atoms with Crippen LogP contribution in [0.3, 0.4) is 0 Å². The van der Waals surface area contributed by atoms with E-state index in [2.05, 4.69) is 9.44 Å². The van der Waals surface area contributed by atoms with E-state index in [1.54, 1.807) is 13.8 Å². The smallest absolute Gasteiger partial charge is 0.388 e. The first-order valence-electron chi connectivity index (χ1n) is 7.99. The molecule has 12 heteroatoms. The molecule has 0 aromatic heterocycles. The quantitative estimate of drug-likeness (QED) is 0.322. The van der Waals surface area contributed by atoms with E-state index in [4.69, 9.17) is 43.4 Å². The molecule has 0 heterocycles. The van der Waals surface area contributed by atoms with Gasteiger partial charge in [0.15, 0.2) is 0 Å². The van der Waals surface area contributed by atoms with E-state index in [-0.39, 0.29) is 36.3 Å². The van der Waals surface area contributed by atoms with Crippen LogP contribution in [-0.2, 0) is 18.9 Å².